The quantitative estimate of drug-likeness (QED) is 0.0266. The number of hydrogen-bond donors (Lipinski definition) is 34. The van der Waals surface area contributed by atoms with Gasteiger partial charge in [0, 0.05) is 13.8 Å². The van der Waals surface area contributed by atoms with Crippen LogP contribution in [-0.4, -0.2) is 547 Å². The number of phosphoric ester groups is 2. The Morgan fingerprint density at radius 1 is 0.248 bits per heavy atom. The molecule has 728 valence electrons. The zero-order valence-corrected chi connectivity index (χ0v) is 67.1. The van der Waals surface area contributed by atoms with E-state index in [-0.39, 0.29) is 0 Å². The van der Waals surface area contributed by atoms with Gasteiger partial charge in [-0.25, -0.2) is 9.13 Å². The van der Waals surface area contributed by atoms with E-state index in [2.05, 4.69) is 19.7 Å². The Hall–Kier alpha value is -2.72. The van der Waals surface area contributed by atoms with Crippen LogP contribution < -0.4 is 10.6 Å². The van der Waals surface area contributed by atoms with Gasteiger partial charge in [0.25, 0.3) is 0 Å². The van der Waals surface area contributed by atoms with E-state index < -0.39 is 400 Å². The average molecular weight is 1880 g/mol. The van der Waals surface area contributed by atoms with Crippen molar-refractivity contribution in [3.05, 3.63) is 0 Å². The van der Waals surface area contributed by atoms with Crippen molar-refractivity contribution in [2.45, 2.75) is 321 Å². The van der Waals surface area contributed by atoms with Gasteiger partial charge in [0.15, 0.2) is 62.9 Å². The van der Waals surface area contributed by atoms with E-state index in [1.807, 2.05) is 0 Å². The Balaban J connectivity index is 1.02. The highest BCUT2D eigenvalue weighted by molar-refractivity contribution is 7.46. The molecule has 0 aromatic carbocycles. The van der Waals surface area contributed by atoms with Gasteiger partial charge in [-0.15, -0.1) is 0 Å². The Morgan fingerprint density at radius 3 is 0.904 bits per heavy atom. The summed E-state index contributed by atoms with van der Waals surface area (Å²) in [6.45, 7) is -10.4. The third-order valence-electron chi connectivity index (χ3n) is 22.1. The smallest absolute Gasteiger partial charge is 0.394 e. The van der Waals surface area contributed by atoms with E-state index in [1.165, 1.54) is 0 Å². The van der Waals surface area contributed by atoms with Gasteiger partial charge in [0.1, 0.15) is 244 Å². The molecule has 50 atom stereocenters. The number of aliphatic hydroxyl groups excluding tert-OH is 28. The van der Waals surface area contributed by atoms with Gasteiger partial charge in [-0.3, -0.25) is 18.6 Å². The van der Waals surface area contributed by atoms with E-state index in [0.717, 1.165) is 13.8 Å². The first-order valence-corrected chi connectivity index (χ1v) is 41.7. The number of ether oxygens (including phenoxy) is 19. The Bertz CT molecular complexity index is 3440. The number of rotatable bonds is 34. The molecule has 125 heavy (non-hydrogen) atoms. The van der Waals surface area contributed by atoms with Gasteiger partial charge in [0.05, 0.1) is 66.1 Å². The van der Waals surface area contributed by atoms with Gasteiger partial charge in [-0.2, -0.15) is 0 Å². The fraction of sp³-hybridized carbons (Fsp3) is 0.969. The van der Waals surface area contributed by atoms with Crippen LogP contribution in [-0.2, 0) is 118 Å². The average Bonchev–Trinajstić information content (AvgIpc) is 0.765. The summed E-state index contributed by atoms with van der Waals surface area (Å²) in [5.74, 6) is -1.85. The van der Waals surface area contributed by atoms with Crippen LogP contribution in [0.2, 0.25) is 0 Å². The fourth-order valence-electron chi connectivity index (χ4n) is 15.3. The molecular formula is C64H110N2O57P2. The summed E-state index contributed by atoms with van der Waals surface area (Å²) < 4.78 is 144. The van der Waals surface area contributed by atoms with Crippen molar-refractivity contribution in [1.29, 1.82) is 0 Å². The van der Waals surface area contributed by atoms with Crippen LogP contribution in [0.25, 0.3) is 0 Å². The van der Waals surface area contributed by atoms with Crippen molar-refractivity contribution in [3.8, 4) is 0 Å². The van der Waals surface area contributed by atoms with Crippen molar-refractivity contribution in [2.75, 3.05) is 66.1 Å². The van der Waals surface area contributed by atoms with Crippen molar-refractivity contribution < 1.29 is 280 Å². The second kappa shape index (κ2) is 44.6. The molecule has 0 saturated carbocycles. The fourth-order valence-corrected chi connectivity index (χ4v) is 16.0. The zero-order valence-electron chi connectivity index (χ0n) is 65.4. The van der Waals surface area contributed by atoms with E-state index in [9.17, 15) is 181 Å². The molecule has 0 aliphatic carbocycles. The second-order valence-electron chi connectivity index (χ2n) is 30.7. The lowest BCUT2D eigenvalue weighted by atomic mass is 9.94. The summed E-state index contributed by atoms with van der Waals surface area (Å²) >= 11 is 0. The number of phosphoric acid groups is 2. The maximum Gasteiger partial charge on any atom is 0.469 e. The highest BCUT2D eigenvalue weighted by Crippen LogP contribution is 2.43. The summed E-state index contributed by atoms with van der Waals surface area (Å²) in [6.07, 6.45) is -109. The number of carbonyl (C=O) groups is 2. The van der Waals surface area contributed by atoms with E-state index in [1.54, 1.807) is 0 Å². The van der Waals surface area contributed by atoms with Crippen LogP contribution in [0, 0.1) is 0 Å². The lowest BCUT2D eigenvalue weighted by Gasteiger charge is -2.51. The SMILES string of the molecule is CC(=O)N[C@H]1[C@H](O[C@H]2[C@H](O)[C@@H](NC(C)=O)C(O)O[C@@H]2CO)O[C@H](CO)[C@@H](O[C@@H]2O[C@H](CO[C@H]3O[C@H](CO[C@H]4O[C@H](COP(=O)(O)O)[C@@H](O)[C@H](O)[C@@H]4O[C@H]4O[C@H](CO)[C@@H](O)[C@H](O)[C@@H]4O)[C@@H](O)[C@H](O[C@H]4O[C@H](CO)[C@@H](O)[C@H](O)[C@@H]4O)[C@@H]3O)[C@@H](O)[C@H](O[C@H]3O[C@H](CO)[C@@H](O)[C@H](O)[C@@H]3O[C@H]3O[C@H](COP(=O)(O)O)[C@@H](O)[C@H](O)[C@@H]3O[C@H]3O[C@H](CO)[C@@H](O)[C@H](O)[C@@H]3O)[C@@H]2O)[C@@H]1O. The number of carbonyl (C=O) groups excluding carboxylic acids is 2. The first kappa shape index (κ1) is 104. The van der Waals surface area contributed by atoms with Crippen molar-refractivity contribution in [1.82, 2.24) is 10.6 Å². The monoisotopic (exact) mass is 1880 g/mol. The highest BCUT2D eigenvalue weighted by Gasteiger charge is 2.62. The predicted molar refractivity (Wildman–Crippen MR) is 375 cm³/mol. The largest absolute Gasteiger partial charge is 0.469 e. The minimum absolute atomic E-state index is 0.834. The zero-order chi connectivity index (χ0) is 92.4. The van der Waals surface area contributed by atoms with Gasteiger partial charge >= 0.3 is 15.6 Å². The third kappa shape index (κ3) is 24.2. The molecular weight excluding hydrogens is 1770 g/mol. The van der Waals surface area contributed by atoms with Crippen LogP contribution in [0.15, 0.2) is 0 Å². The molecule has 0 radical (unpaired) electrons. The molecule has 61 heteroatoms. The summed E-state index contributed by atoms with van der Waals surface area (Å²) in [5, 5.41) is 318. The molecule has 0 aromatic rings. The van der Waals surface area contributed by atoms with Gasteiger partial charge in [0.2, 0.25) is 11.8 Å². The van der Waals surface area contributed by atoms with Crippen LogP contribution in [0.5, 0.6) is 0 Å². The number of hydrogen-bond acceptors (Lipinski definition) is 53. The molecule has 10 aliphatic rings. The number of aliphatic hydroxyl groups is 28. The first-order chi connectivity index (χ1) is 58.7. The van der Waals surface area contributed by atoms with Gasteiger partial charge in [-0.05, 0) is 0 Å². The molecule has 0 spiro atoms. The Labute approximate surface area is 703 Å². The Kier molecular flexibility index (Phi) is 37.3. The molecule has 0 aromatic heterocycles. The third-order valence-corrected chi connectivity index (χ3v) is 23.1. The lowest BCUT2D eigenvalue weighted by molar-refractivity contribution is -0.408. The lowest BCUT2D eigenvalue weighted by Crippen LogP contribution is -2.70. The molecule has 10 fully saturated rings. The standard InChI is InChI=1S/C64H110N2O57P2/c1-13(73)65-25-35(83)48(19(7-71)107-55(25)96)117-56-26(66-14(2)74)36(84)49(20(8-72)112-56)118-61-47(95)51(120-63-54(40(88)30(78)18(6-70)111-63)123-64-53(42(90)32(80)24(116-64)12-106-125(100,101)102)122-60-45(93)39(87)29(77)17(5-69)110-60)34(82)22(114-61)9-103-57-46(94)50(119-58-43(91)37(85)27(75)15(3-67)108-58)33(81)21(113-57)10-104-62-52(41(89)31(79)23(115-62)11-105-124(97,98)99)121-59-44(92)38(86)28(76)16(4-68)109-59/h15-64,67-72,75-96H,3-12H2,1-2H3,(H,65,73)(H,66,74)(H2,97,98,99)(H2,100,101,102)/t15-,16-,17-,18-,19-,20-,21-,22-,23-,24-,25-,26-,27-,28-,29-,30-,31-,32-,33-,34-,35-,36-,37+,38+,39+,40+,41+,42+,43+,44+,45+,46+,47+,48-,49-,50+,51+,52+,53+,54+,55?,56+,57+,58-,59-,60-,61+,62+,63-,64-/m1/s1. The van der Waals surface area contributed by atoms with E-state index >= 15 is 0 Å². The maximum absolute atomic E-state index is 13.1. The molecule has 1 unspecified atom stereocenters. The molecule has 10 heterocycles. The number of nitrogens with one attached hydrogen (secondary N) is 2. The van der Waals surface area contributed by atoms with Crippen molar-refractivity contribution in [3.63, 3.8) is 0 Å². The minimum Gasteiger partial charge on any atom is -0.394 e. The summed E-state index contributed by atoms with van der Waals surface area (Å²) in [4.78, 5) is 63.7. The predicted octanol–water partition coefficient (Wildman–Crippen LogP) is -22.3. The second-order valence-corrected chi connectivity index (χ2v) is 33.2. The molecule has 2 amide bonds. The Morgan fingerprint density at radius 2 is 0.504 bits per heavy atom. The van der Waals surface area contributed by atoms with Crippen molar-refractivity contribution in [2.24, 2.45) is 0 Å². The molecule has 10 rings (SSSR count). The van der Waals surface area contributed by atoms with Crippen molar-refractivity contribution >= 4 is 27.5 Å². The molecule has 10 aliphatic heterocycles. The first-order valence-electron chi connectivity index (χ1n) is 38.6. The molecule has 10 saturated heterocycles. The summed E-state index contributed by atoms with van der Waals surface area (Å²) in [7, 11) is -11.0. The summed E-state index contributed by atoms with van der Waals surface area (Å²) in [5.41, 5.74) is 0. The normalized spacial score (nSPS) is 49.2. The maximum atomic E-state index is 13.1. The highest BCUT2D eigenvalue weighted by atomic mass is 31.2. The van der Waals surface area contributed by atoms with Crippen LogP contribution in [0.3, 0.4) is 0 Å². The topological polar surface area (TPSA) is 934 Å². The van der Waals surface area contributed by atoms with E-state index in [4.69, 9.17) is 90.0 Å². The molecule has 59 nitrogen and oxygen atoms in total. The van der Waals surface area contributed by atoms with Crippen LogP contribution in [0.1, 0.15) is 13.8 Å². The minimum atomic E-state index is -5.54. The van der Waals surface area contributed by atoms with Crippen LogP contribution >= 0.6 is 15.6 Å². The molecule has 0 bridgehead atoms. The van der Waals surface area contributed by atoms with Gasteiger partial charge < -0.3 is 263 Å². The summed E-state index contributed by atoms with van der Waals surface area (Å²) in [6, 6.07) is -3.74. The van der Waals surface area contributed by atoms with Crippen LogP contribution in [0.4, 0.5) is 0 Å². The molecule has 34 N–H and O–H groups in total. The number of amides is 2. The van der Waals surface area contributed by atoms with E-state index in [0.29, 0.717) is 0 Å². The van der Waals surface area contributed by atoms with Gasteiger partial charge in [-0.1, -0.05) is 0 Å².